The van der Waals surface area contributed by atoms with Gasteiger partial charge in [-0.3, -0.25) is 4.72 Å². The summed E-state index contributed by atoms with van der Waals surface area (Å²) in [5, 5.41) is 0. The highest BCUT2D eigenvalue weighted by Gasteiger charge is 2.16. The molecule has 1 aromatic heterocycles. The lowest BCUT2D eigenvalue weighted by molar-refractivity contribution is 0.625. The molecule has 1 aliphatic carbocycles. The van der Waals surface area contributed by atoms with Crippen LogP contribution in [0.15, 0.2) is 30.5 Å². The largest absolute Gasteiger partial charge is 0.395 e. The molecule has 23 heavy (non-hydrogen) atoms. The van der Waals surface area contributed by atoms with Crippen molar-refractivity contribution in [1.82, 2.24) is 9.71 Å². The molecule has 122 valence electrons. The number of benzene rings is 1. The monoisotopic (exact) mass is 332 g/mol. The molecule has 0 spiro atoms. The highest BCUT2D eigenvalue weighted by Crippen LogP contribution is 2.32. The van der Waals surface area contributed by atoms with Gasteiger partial charge in [-0.15, -0.1) is 0 Å². The normalized spacial score (nSPS) is 16.2. The van der Waals surface area contributed by atoms with Gasteiger partial charge in [0.15, 0.2) is 0 Å². The van der Waals surface area contributed by atoms with Crippen LogP contribution in [-0.4, -0.2) is 22.0 Å². The number of rotatable bonds is 4. The summed E-state index contributed by atoms with van der Waals surface area (Å²) in [6.07, 6.45) is 6.02. The van der Waals surface area contributed by atoms with Crippen molar-refractivity contribution in [1.29, 1.82) is 0 Å². The average molecular weight is 332 g/mol. The van der Waals surface area contributed by atoms with Crippen LogP contribution in [0.1, 0.15) is 18.4 Å². The molecular formula is C17H21FN4S. The van der Waals surface area contributed by atoms with Crippen molar-refractivity contribution in [3.63, 3.8) is 0 Å². The molecule has 0 saturated heterocycles. The number of aromatic nitrogens is 1. The summed E-state index contributed by atoms with van der Waals surface area (Å²) >= 11 is 0. The number of nitrogen functional groups attached to an aromatic ring is 2. The van der Waals surface area contributed by atoms with Crippen LogP contribution in [0.3, 0.4) is 0 Å². The van der Waals surface area contributed by atoms with E-state index in [1.165, 1.54) is 17.0 Å². The number of pyridine rings is 1. The highest BCUT2D eigenvalue weighted by molar-refractivity contribution is 8.27. The summed E-state index contributed by atoms with van der Waals surface area (Å²) < 4.78 is 17.5. The molecule has 1 aromatic carbocycles. The second-order valence-electron chi connectivity index (χ2n) is 5.95. The van der Waals surface area contributed by atoms with Crippen molar-refractivity contribution in [2.75, 3.05) is 17.7 Å². The number of hydrogen-bond donors (Lipinski definition) is 3. The molecule has 0 aliphatic heterocycles. The minimum Gasteiger partial charge on any atom is -0.395 e. The second-order valence-corrected chi connectivity index (χ2v) is 8.99. The number of nitrogens with zero attached hydrogens (tertiary/aromatic N) is 1. The lowest BCUT2D eigenvalue weighted by Crippen LogP contribution is -2.10. The predicted molar refractivity (Wildman–Crippen MR) is 100 cm³/mol. The first-order chi connectivity index (χ1) is 10.9. The SMILES string of the molecule is C=S(C)(NCc1cc(F)cc(-c2ccnc(N)c2N)c1)=C1CC1. The Bertz CT molecular complexity index is 876. The van der Waals surface area contributed by atoms with Crippen LogP contribution >= 0.6 is 9.39 Å². The summed E-state index contributed by atoms with van der Waals surface area (Å²) in [6.45, 7) is 0.573. The van der Waals surface area contributed by atoms with Crippen LogP contribution in [0.5, 0.6) is 0 Å². The zero-order chi connectivity index (χ0) is 16.6. The molecule has 1 aliphatic rings. The Morgan fingerprint density at radius 2 is 2.04 bits per heavy atom. The molecule has 1 saturated carbocycles. The van der Waals surface area contributed by atoms with Gasteiger partial charge in [-0.2, -0.15) is 9.39 Å². The van der Waals surface area contributed by atoms with E-state index < -0.39 is 9.39 Å². The zero-order valence-electron chi connectivity index (χ0n) is 13.1. The van der Waals surface area contributed by atoms with Gasteiger partial charge in [-0.25, -0.2) is 9.37 Å². The van der Waals surface area contributed by atoms with E-state index in [-0.39, 0.29) is 11.6 Å². The maximum absolute atomic E-state index is 14.0. The van der Waals surface area contributed by atoms with Crippen molar-refractivity contribution in [2.24, 2.45) is 0 Å². The third-order valence-corrected chi connectivity index (χ3v) is 6.44. The Morgan fingerprint density at radius 1 is 1.30 bits per heavy atom. The quantitative estimate of drug-likeness (QED) is 0.753. The molecule has 6 heteroatoms. The second kappa shape index (κ2) is 5.86. The summed E-state index contributed by atoms with van der Waals surface area (Å²) in [5.74, 6) is 4.23. The van der Waals surface area contributed by atoms with Gasteiger partial charge < -0.3 is 11.5 Å². The molecule has 2 aromatic rings. The minimum atomic E-state index is -1.15. The third kappa shape index (κ3) is 3.48. The molecule has 0 bridgehead atoms. The van der Waals surface area contributed by atoms with Crippen LogP contribution in [0, 0.1) is 5.82 Å². The maximum Gasteiger partial charge on any atom is 0.147 e. The number of hydrogen-bond acceptors (Lipinski definition) is 4. The molecule has 1 fully saturated rings. The van der Waals surface area contributed by atoms with E-state index in [4.69, 9.17) is 11.5 Å². The Morgan fingerprint density at radius 3 is 2.74 bits per heavy atom. The first kappa shape index (κ1) is 15.8. The number of halogens is 1. The van der Waals surface area contributed by atoms with E-state index in [1.807, 2.05) is 6.07 Å². The van der Waals surface area contributed by atoms with Gasteiger partial charge in [0.1, 0.15) is 11.6 Å². The first-order valence-electron chi connectivity index (χ1n) is 7.37. The van der Waals surface area contributed by atoms with E-state index in [9.17, 15) is 4.39 Å². The van der Waals surface area contributed by atoms with E-state index in [0.29, 0.717) is 23.4 Å². The van der Waals surface area contributed by atoms with Crippen LogP contribution in [0.4, 0.5) is 15.9 Å². The molecule has 0 amide bonds. The molecule has 4 nitrogen and oxygen atoms in total. The standard InChI is InChI=1S/C17H21FN4S/c1-23(2,14-3-4-14)22-10-11-7-12(9-13(18)8-11)15-5-6-21-17(20)16(15)19/h5-9,22H,1,3-4,10,19H2,2H3,(H2,20,21). The van der Waals surface area contributed by atoms with Crippen molar-refractivity contribution < 1.29 is 4.39 Å². The maximum atomic E-state index is 14.0. The van der Waals surface area contributed by atoms with Crippen molar-refractivity contribution in [3.8, 4) is 11.1 Å². The van der Waals surface area contributed by atoms with Gasteiger partial charge in [-0.1, -0.05) is 5.87 Å². The Labute approximate surface area is 136 Å². The van der Waals surface area contributed by atoms with E-state index in [1.54, 1.807) is 12.3 Å². The topological polar surface area (TPSA) is 77.0 Å². The fourth-order valence-electron chi connectivity index (χ4n) is 2.50. The van der Waals surface area contributed by atoms with Gasteiger partial charge in [0, 0.05) is 18.3 Å². The molecule has 5 N–H and O–H groups in total. The smallest absolute Gasteiger partial charge is 0.147 e. The molecule has 1 atom stereocenters. The molecule has 0 radical (unpaired) electrons. The Kier molecular flexibility index (Phi) is 4.04. The van der Waals surface area contributed by atoms with Crippen molar-refractivity contribution in [2.45, 2.75) is 19.4 Å². The Hall–Kier alpha value is -2.05. The molecule has 1 heterocycles. The van der Waals surface area contributed by atoms with Crippen LogP contribution in [0.2, 0.25) is 0 Å². The average Bonchev–Trinajstić information content (AvgIpc) is 3.33. The number of nitrogens with one attached hydrogen (secondary N) is 1. The van der Waals surface area contributed by atoms with Crippen LogP contribution < -0.4 is 16.2 Å². The number of nitrogens with two attached hydrogens (primary N) is 2. The fraction of sp³-hybridized carbons (Fsp3) is 0.235. The fourth-order valence-corrected chi connectivity index (χ4v) is 4.19. The van der Waals surface area contributed by atoms with Gasteiger partial charge in [0.25, 0.3) is 0 Å². The molecule has 1 unspecified atom stereocenters. The minimum absolute atomic E-state index is 0.256. The number of anilines is 2. The van der Waals surface area contributed by atoms with E-state index >= 15 is 0 Å². The van der Waals surface area contributed by atoms with Crippen LogP contribution in [0.25, 0.3) is 11.1 Å². The van der Waals surface area contributed by atoms with Gasteiger partial charge in [0.05, 0.1) is 5.69 Å². The predicted octanol–water partition coefficient (Wildman–Crippen LogP) is 2.89. The van der Waals surface area contributed by atoms with Gasteiger partial charge in [-0.05, 0) is 59.4 Å². The lowest BCUT2D eigenvalue weighted by atomic mass is 10.0. The Balaban J connectivity index is 1.92. The summed E-state index contributed by atoms with van der Waals surface area (Å²) in [5.41, 5.74) is 14.3. The zero-order valence-corrected chi connectivity index (χ0v) is 13.9. The lowest BCUT2D eigenvalue weighted by Gasteiger charge is -2.14. The van der Waals surface area contributed by atoms with Crippen LogP contribution in [-0.2, 0) is 6.54 Å². The summed E-state index contributed by atoms with van der Waals surface area (Å²) in [6, 6.07) is 6.66. The highest BCUT2D eigenvalue weighted by atomic mass is 32.2. The summed E-state index contributed by atoms with van der Waals surface area (Å²) in [7, 11) is -1.15. The first-order valence-corrected chi connectivity index (χ1v) is 9.58. The molecule has 3 rings (SSSR count). The molecular weight excluding hydrogens is 311 g/mol. The summed E-state index contributed by atoms with van der Waals surface area (Å²) in [4.78, 5) is 5.43. The third-order valence-electron chi connectivity index (χ3n) is 3.98. The van der Waals surface area contributed by atoms with Gasteiger partial charge in [0.2, 0.25) is 0 Å². The van der Waals surface area contributed by atoms with Crippen molar-refractivity contribution >= 4 is 31.6 Å². The van der Waals surface area contributed by atoms with E-state index in [0.717, 1.165) is 18.4 Å². The van der Waals surface area contributed by atoms with Crippen molar-refractivity contribution in [3.05, 3.63) is 41.8 Å². The van der Waals surface area contributed by atoms with Gasteiger partial charge >= 0.3 is 0 Å². The van der Waals surface area contributed by atoms with E-state index in [2.05, 4.69) is 21.8 Å².